The van der Waals surface area contributed by atoms with Crippen molar-refractivity contribution in [3.8, 4) is 33.4 Å². The normalized spacial score (nSPS) is 13.9. The molecule has 296 valence electrons. The van der Waals surface area contributed by atoms with E-state index in [9.17, 15) is 0 Å². The molecule has 57 heavy (non-hydrogen) atoms. The number of aliphatic imine (C=N–C) groups is 1. The molecule has 1 aliphatic rings. The van der Waals surface area contributed by atoms with Gasteiger partial charge >= 0.3 is 0 Å². The predicted molar refractivity (Wildman–Crippen MR) is 249 cm³/mol. The number of guanidine groups is 1. The van der Waals surface area contributed by atoms with Gasteiger partial charge in [0, 0.05) is 13.1 Å². The summed E-state index contributed by atoms with van der Waals surface area (Å²) in [6.07, 6.45) is 1.02. The second-order valence-electron chi connectivity index (χ2n) is 20.5. The molecule has 7 rings (SSSR count). The van der Waals surface area contributed by atoms with E-state index in [1.165, 1.54) is 88.3 Å². The first-order valence-electron chi connectivity index (χ1n) is 21.2. The van der Waals surface area contributed by atoms with Gasteiger partial charge in [0.25, 0.3) is 0 Å². The van der Waals surface area contributed by atoms with Crippen molar-refractivity contribution in [3.05, 3.63) is 130 Å². The first-order valence-corrected chi connectivity index (χ1v) is 21.2. The lowest BCUT2D eigenvalue weighted by Crippen LogP contribution is -2.37. The molecule has 3 heteroatoms. The van der Waals surface area contributed by atoms with Gasteiger partial charge < -0.3 is 10.6 Å². The van der Waals surface area contributed by atoms with Gasteiger partial charge in [-0.1, -0.05) is 175 Å². The smallest absolute Gasteiger partial charge is 0.191 e. The lowest BCUT2D eigenvalue weighted by molar-refractivity contribution is 0.568. The molecule has 0 unspecified atom stereocenters. The zero-order valence-corrected chi connectivity index (χ0v) is 37.0. The number of nitrogens with one attached hydrogen (secondary N) is 2. The molecule has 0 saturated carbocycles. The van der Waals surface area contributed by atoms with Crippen LogP contribution in [0.15, 0.2) is 102 Å². The van der Waals surface area contributed by atoms with Crippen molar-refractivity contribution in [2.45, 2.75) is 131 Å². The Kier molecular flexibility index (Phi) is 10.5. The van der Waals surface area contributed by atoms with Gasteiger partial charge in [0.2, 0.25) is 0 Å². The first-order chi connectivity index (χ1) is 26.7. The minimum atomic E-state index is -0.0106. The molecule has 0 fully saturated rings. The Morgan fingerprint density at radius 2 is 0.930 bits per heavy atom. The van der Waals surface area contributed by atoms with Crippen molar-refractivity contribution in [1.29, 1.82) is 0 Å². The van der Waals surface area contributed by atoms with Gasteiger partial charge in [-0.05, 0) is 129 Å². The largest absolute Gasteiger partial charge is 0.356 e. The maximum atomic E-state index is 5.41. The molecule has 6 aromatic rings. The lowest BCUT2D eigenvalue weighted by atomic mass is 9.76. The Bertz CT molecular complexity index is 2440. The summed E-state index contributed by atoms with van der Waals surface area (Å²) in [6, 6.07) is 37.6. The molecule has 3 nitrogen and oxygen atoms in total. The summed E-state index contributed by atoms with van der Waals surface area (Å²) in [5.74, 6) is 0.853. The van der Waals surface area contributed by atoms with Crippen molar-refractivity contribution in [2.24, 2.45) is 4.99 Å². The molecule has 0 saturated heterocycles. The highest BCUT2D eigenvalue weighted by Gasteiger charge is 2.28. The molecule has 0 spiro atoms. The summed E-state index contributed by atoms with van der Waals surface area (Å²) in [7, 11) is 0. The lowest BCUT2D eigenvalue weighted by Gasteiger charge is -2.28. The molecular formula is C54H65N3. The van der Waals surface area contributed by atoms with E-state index in [4.69, 9.17) is 4.99 Å². The van der Waals surface area contributed by atoms with Crippen LogP contribution in [0.4, 0.5) is 0 Å². The monoisotopic (exact) mass is 756 g/mol. The topological polar surface area (TPSA) is 36.4 Å². The number of hydrogen-bond donors (Lipinski definition) is 2. The zero-order chi connectivity index (χ0) is 41.1. The molecule has 2 N–H and O–H groups in total. The average molecular weight is 756 g/mol. The van der Waals surface area contributed by atoms with Gasteiger partial charge in [0.1, 0.15) is 0 Å². The van der Waals surface area contributed by atoms with E-state index >= 15 is 0 Å². The molecule has 0 aromatic heterocycles. The van der Waals surface area contributed by atoms with E-state index in [0.717, 1.165) is 18.9 Å². The molecule has 0 atom stereocenters. The highest BCUT2D eigenvalue weighted by Crippen LogP contribution is 2.48. The van der Waals surface area contributed by atoms with E-state index < -0.39 is 0 Å². The van der Waals surface area contributed by atoms with Crippen molar-refractivity contribution in [1.82, 2.24) is 10.6 Å². The van der Waals surface area contributed by atoms with Crippen LogP contribution in [0, 0.1) is 0 Å². The van der Waals surface area contributed by atoms with E-state index in [-0.39, 0.29) is 21.7 Å². The summed E-state index contributed by atoms with van der Waals surface area (Å²) < 4.78 is 0. The van der Waals surface area contributed by atoms with Crippen molar-refractivity contribution in [2.75, 3.05) is 6.54 Å². The van der Waals surface area contributed by atoms with Crippen LogP contribution >= 0.6 is 0 Å². The van der Waals surface area contributed by atoms with Crippen LogP contribution in [-0.4, -0.2) is 12.5 Å². The van der Waals surface area contributed by atoms with Crippen LogP contribution in [0.25, 0.3) is 54.9 Å². The number of rotatable bonds is 4. The fraction of sp³-hybridized carbons (Fsp3) is 0.389. The van der Waals surface area contributed by atoms with Gasteiger partial charge in [0.05, 0.1) is 6.54 Å². The third-order valence-corrected chi connectivity index (χ3v) is 11.9. The van der Waals surface area contributed by atoms with Gasteiger partial charge in [-0.15, -0.1) is 0 Å². The van der Waals surface area contributed by atoms with Crippen LogP contribution in [0.5, 0.6) is 0 Å². The summed E-state index contributed by atoms with van der Waals surface area (Å²) in [5.41, 5.74) is 15.6. The van der Waals surface area contributed by atoms with Crippen LogP contribution in [0.3, 0.4) is 0 Å². The van der Waals surface area contributed by atoms with Gasteiger partial charge in [0.15, 0.2) is 5.96 Å². The number of fused-ring (bicyclic) bond motifs is 7. The molecule has 0 bridgehead atoms. The zero-order valence-electron chi connectivity index (χ0n) is 37.0. The first kappa shape index (κ1) is 40.3. The Hall–Kier alpha value is -4.89. The van der Waals surface area contributed by atoms with Crippen LogP contribution in [-0.2, 0) is 34.7 Å². The summed E-state index contributed by atoms with van der Waals surface area (Å²) in [4.78, 5) is 5.41. The Balaban J connectivity index is 1.68. The predicted octanol–water partition coefficient (Wildman–Crippen LogP) is 14.1. The van der Waals surface area contributed by atoms with E-state index in [1.54, 1.807) is 0 Å². The van der Waals surface area contributed by atoms with Crippen molar-refractivity contribution >= 4 is 27.5 Å². The van der Waals surface area contributed by atoms with Gasteiger partial charge in [-0.3, -0.25) is 0 Å². The SMILES string of the molecule is CCCNC1=NCc2c(-c3cc(C(C)(C)C)cc(C(C)(C)C)c3)cc3ccccc3c2-c2c(c(-c3cc(C(C)(C)C)cc(C(C)(C)C)c3)cc3ccccc23)CN1. The van der Waals surface area contributed by atoms with Crippen molar-refractivity contribution in [3.63, 3.8) is 0 Å². The second kappa shape index (κ2) is 14.8. The minimum Gasteiger partial charge on any atom is -0.356 e. The van der Waals surface area contributed by atoms with Crippen LogP contribution in [0.1, 0.15) is 130 Å². The van der Waals surface area contributed by atoms with E-state index in [1.807, 2.05) is 0 Å². The second-order valence-corrected chi connectivity index (χ2v) is 20.5. The fourth-order valence-electron chi connectivity index (χ4n) is 8.26. The molecule has 0 amide bonds. The summed E-state index contributed by atoms with van der Waals surface area (Å²) in [5, 5.41) is 12.6. The molecule has 0 aliphatic carbocycles. The summed E-state index contributed by atoms with van der Waals surface area (Å²) in [6.45, 7) is 32.3. The standard InChI is InChI=1S/C54H65N3/c1-14-23-55-50-56-32-46-44(36-24-38(51(2,3)4)30-39(25-36)52(5,6)7)28-34-19-15-17-21-42(34)48(46)49-43-22-18-16-20-35(43)29-45(47(49)33-57-50)37-26-40(53(8,9)10)31-41(27-37)54(11,12)13/h15-22,24-31H,14,23,32-33H2,1-13H3,(H2,55,56,57). The fourth-order valence-corrected chi connectivity index (χ4v) is 8.26. The number of hydrogen-bond acceptors (Lipinski definition) is 3. The minimum absolute atomic E-state index is 0.00782. The molecule has 1 heterocycles. The molecule has 1 aliphatic heterocycles. The average Bonchev–Trinajstić information content (AvgIpc) is 3.23. The van der Waals surface area contributed by atoms with Crippen molar-refractivity contribution < 1.29 is 0 Å². The maximum absolute atomic E-state index is 5.41. The Morgan fingerprint density at radius 3 is 1.35 bits per heavy atom. The van der Waals surface area contributed by atoms with Crippen LogP contribution in [0.2, 0.25) is 0 Å². The van der Waals surface area contributed by atoms with Gasteiger partial charge in [-0.2, -0.15) is 0 Å². The Morgan fingerprint density at radius 1 is 0.526 bits per heavy atom. The highest BCUT2D eigenvalue weighted by atomic mass is 15.2. The molecule has 0 radical (unpaired) electrons. The quantitative estimate of drug-likeness (QED) is 0.188. The summed E-state index contributed by atoms with van der Waals surface area (Å²) >= 11 is 0. The molecular weight excluding hydrogens is 691 g/mol. The van der Waals surface area contributed by atoms with E-state index in [0.29, 0.717) is 13.1 Å². The maximum Gasteiger partial charge on any atom is 0.191 e. The number of nitrogens with zero attached hydrogens (tertiary/aromatic N) is 1. The van der Waals surface area contributed by atoms with Gasteiger partial charge in [-0.25, -0.2) is 4.99 Å². The highest BCUT2D eigenvalue weighted by molar-refractivity contribution is 6.12. The third kappa shape index (κ3) is 8.13. The third-order valence-electron chi connectivity index (χ3n) is 11.9. The van der Waals surface area contributed by atoms with Crippen LogP contribution < -0.4 is 10.6 Å². The number of benzene rings is 6. The van der Waals surface area contributed by atoms with E-state index in [2.05, 4.69) is 198 Å². The molecule has 6 aromatic carbocycles. The Labute approximate surface area is 343 Å².